The quantitative estimate of drug-likeness (QED) is 0.491. The SMILES string of the molecule is C#CC1(O)CCCCC1.NC(=O)O. The summed E-state index contributed by atoms with van der Waals surface area (Å²) in [5, 5.41) is 16.6. The van der Waals surface area contributed by atoms with Crippen LogP contribution in [-0.4, -0.2) is 21.9 Å². The first-order chi connectivity index (χ1) is 6.00. The molecule has 0 spiro atoms. The van der Waals surface area contributed by atoms with Gasteiger partial charge in [-0.25, -0.2) is 4.79 Å². The minimum absolute atomic E-state index is 0.752. The Morgan fingerprint density at radius 2 is 1.77 bits per heavy atom. The number of primary amides is 1. The lowest BCUT2D eigenvalue weighted by molar-refractivity contribution is 0.0612. The molecule has 1 fully saturated rings. The van der Waals surface area contributed by atoms with Crippen LogP contribution in [0, 0.1) is 12.3 Å². The minimum atomic E-state index is -1.33. The zero-order valence-corrected chi connectivity index (χ0v) is 7.49. The van der Waals surface area contributed by atoms with Crippen molar-refractivity contribution in [3.8, 4) is 12.3 Å². The van der Waals surface area contributed by atoms with Crippen molar-refractivity contribution in [2.45, 2.75) is 37.7 Å². The lowest BCUT2D eigenvalue weighted by atomic mass is 9.86. The standard InChI is InChI=1S/C8H12O.CH3NO2/c1-2-8(9)6-4-3-5-7-8;2-1(3)4/h1,9H,3-7H2;2H2,(H,3,4). The Labute approximate surface area is 77.7 Å². The van der Waals surface area contributed by atoms with Crippen LogP contribution in [0.25, 0.3) is 0 Å². The fourth-order valence-electron chi connectivity index (χ4n) is 1.28. The molecule has 1 aliphatic rings. The molecule has 1 amide bonds. The van der Waals surface area contributed by atoms with Crippen LogP contribution in [0.1, 0.15) is 32.1 Å². The van der Waals surface area contributed by atoms with Gasteiger partial charge in [0, 0.05) is 0 Å². The Balaban J connectivity index is 0.000000310. The molecule has 0 aliphatic heterocycles. The van der Waals surface area contributed by atoms with Crippen LogP contribution in [0.2, 0.25) is 0 Å². The highest BCUT2D eigenvalue weighted by atomic mass is 16.4. The Bertz CT molecular complexity index is 197. The van der Waals surface area contributed by atoms with E-state index < -0.39 is 11.7 Å². The average Bonchev–Trinajstić information content (AvgIpc) is 2.05. The topological polar surface area (TPSA) is 83.5 Å². The molecule has 0 bridgehead atoms. The molecule has 0 aromatic heterocycles. The Hall–Kier alpha value is -1.21. The number of hydrogen-bond acceptors (Lipinski definition) is 2. The highest BCUT2D eigenvalue weighted by Gasteiger charge is 2.25. The number of carboxylic acid groups (broad SMARTS) is 1. The van der Waals surface area contributed by atoms with Crippen LogP contribution in [0.5, 0.6) is 0 Å². The van der Waals surface area contributed by atoms with Crippen molar-refractivity contribution in [3.63, 3.8) is 0 Å². The van der Waals surface area contributed by atoms with E-state index in [2.05, 4.69) is 11.7 Å². The number of rotatable bonds is 0. The second kappa shape index (κ2) is 5.44. The second-order valence-corrected chi connectivity index (χ2v) is 3.07. The molecule has 74 valence electrons. The normalized spacial score (nSPS) is 19.1. The van der Waals surface area contributed by atoms with E-state index >= 15 is 0 Å². The van der Waals surface area contributed by atoms with Crippen LogP contribution in [-0.2, 0) is 0 Å². The summed E-state index contributed by atoms with van der Waals surface area (Å²) in [4.78, 5) is 8.78. The number of terminal acetylenes is 1. The van der Waals surface area contributed by atoms with Gasteiger partial charge < -0.3 is 15.9 Å². The van der Waals surface area contributed by atoms with Crippen LogP contribution >= 0.6 is 0 Å². The molecule has 1 saturated carbocycles. The van der Waals surface area contributed by atoms with Gasteiger partial charge in [0.05, 0.1) is 0 Å². The average molecular weight is 185 g/mol. The molecule has 0 aromatic carbocycles. The molecular weight excluding hydrogens is 170 g/mol. The molecule has 1 aliphatic carbocycles. The van der Waals surface area contributed by atoms with Gasteiger partial charge in [-0.1, -0.05) is 12.3 Å². The molecular formula is C9H15NO3. The summed E-state index contributed by atoms with van der Waals surface area (Å²) < 4.78 is 0. The summed E-state index contributed by atoms with van der Waals surface area (Å²) >= 11 is 0. The third kappa shape index (κ3) is 6.00. The number of carbonyl (C=O) groups is 1. The first kappa shape index (κ1) is 11.8. The maximum absolute atomic E-state index is 9.44. The molecule has 0 aromatic rings. The van der Waals surface area contributed by atoms with E-state index in [1.165, 1.54) is 6.42 Å². The van der Waals surface area contributed by atoms with Crippen LogP contribution in [0.15, 0.2) is 0 Å². The Kier molecular flexibility index (Phi) is 4.93. The number of aliphatic hydroxyl groups is 1. The van der Waals surface area contributed by atoms with Gasteiger partial charge in [-0.3, -0.25) is 0 Å². The molecule has 13 heavy (non-hydrogen) atoms. The Morgan fingerprint density at radius 3 is 2.00 bits per heavy atom. The van der Waals surface area contributed by atoms with Crippen molar-refractivity contribution in [1.29, 1.82) is 0 Å². The summed E-state index contributed by atoms with van der Waals surface area (Å²) in [6.07, 6.45) is 8.79. The van der Waals surface area contributed by atoms with Gasteiger partial charge >= 0.3 is 6.09 Å². The van der Waals surface area contributed by atoms with Gasteiger partial charge in [-0.15, -0.1) is 6.42 Å². The third-order valence-corrected chi connectivity index (χ3v) is 1.95. The highest BCUT2D eigenvalue weighted by Crippen LogP contribution is 2.26. The third-order valence-electron chi connectivity index (χ3n) is 1.95. The summed E-state index contributed by atoms with van der Waals surface area (Å²) in [6, 6.07) is 0. The smallest absolute Gasteiger partial charge is 0.402 e. The van der Waals surface area contributed by atoms with Crippen molar-refractivity contribution in [1.82, 2.24) is 0 Å². The lowest BCUT2D eigenvalue weighted by Gasteiger charge is -2.26. The molecule has 0 saturated heterocycles. The Morgan fingerprint density at radius 1 is 1.38 bits per heavy atom. The zero-order valence-electron chi connectivity index (χ0n) is 7.49. The van der Waals surface area contributed by atoms with E-state index in [0.29, 0.717) is 0 Å². The predicted octanol–water partition coefficient (Wildman–Crippen LogP) is 0.938. The first-order valence-corrected chi connectivity index (χ1v) is 4.19. The summed E-state index contributed by atoms with van der Waals surface area (Å²) in [5.74, 6) is 2.44. The van der Waals surface area contributed by atoms with Gasteiger partial charge in [0.25, 0.3) is 0 Å². The van der Waals surface area contributed by atoms with Gasteiger partial charge in [0.1, 0.15) is 5.60 Å². The van der Waals surface area contributed by atoms with Crippen molar-refractivity contribution in [2.24, 2.45) is 5.73 Å². The van der Waals surface area contributed by atoms with Crippen LogP contribution in [0.4, 0.5) is 4.79 Å². The number of nitrogens with two attached hydrogens (primary N) is 1. The van der Waals surface area contributed by atoms with E-state index in [1.54, 1.807) is 0 Å². The highest BCUT2D eigenvalue weighted by molar-refractivity contribution is 5.61. The fourth-order valence-corrected chi connectivity index (χ4v) is 1.28. The van der Waals surface area contributed by atoms with Crippen molar-refractivity contribution >= 4 is 6.09 Å². The monoisotopic (exact) mass is 185 g/mol. The van der Waals surface area contributed by atoms with E-state index in [0.717, 1.165) is 25.7 Å². The molecule has 0 unspecified atom stereocenters. The lowest BCUT2D eigenvalue weighted by Crippen LogP contribution is -2.28. The molecule has 4 heteroatoms. The van der Waals surface area contributed by atoms with E-state index in [4.69, 9.17) is 16.3 Å². The molecule has 0 heterocycles. The largest absolute Gasteiger partial charge is 0.465 e. The fraction of sp³-hybridized carbons (Fsp3) is 0.667. The van der Waals surface area contributed by atoms with Crippen molar-refractivity contribution < 1.29 is 15.0 Å². The van der Waals surface area contributed by atoms with Gasteiger partial charge in [-0.2, -0.15) is 0 Å². The summed E-state index contributed by atoms with van der Waals surface area (Å²) in [6.45, 7) is 0. The minimum Gasteiger partial charge on any atom is -0.465 e. The summed E-state index contributed by atoms with van der Waals surface area (Å²) in [7, 11) is 0. The molecule has 0 atom stereocenters. The maximum atomic E-state index is 9.44. The van der Waals surface area contributed by atoms with Crippen molar-refractivity contribution in [3.05, 3.63) is 0 Å². The van der Waals surface area contributed by atoms with Gasteiger partial charge in [0.15, 0.2) is 0 Å². The zero-order chi connectivity index (χ0) is 10.3. The second-order valence-electron chi connectivity index (χ2n) is 3.07. The van der Waals surface area contributed by atoms with E-state index in [1.807, 2.05) is 0 Å². The first-order valence-electron chi connectivity index (χ1n) is 4.19. The number of hydrogen-bond donors (Lipinski definition) is 3. The molecule has 4 N–H and O–H groups in total. The molecule has 4 nitrogen and oxygen atoms in total. The summed E-state index contributed by atoms with van der Waals surface area (Å²) in [5.41, 5.74) is 3.28. The molecule has 1 rings (SSSR count). The van der Waals surface area contributed by atoms with Gasteiger partial charge in [0.2, 0.25) is 0 Å². The van der Waals surface area contributed by atoms with Crippen LogP contribution in [0.3, 0.4) is 0 Å². The number of amides is 1. The van der Waals surface area contributed by atoms with E-state index in [9.17, 15) is 5.11 Å². The van der Waals surface area contributed by atoms with Crippen LogP contribution < -0.4 is 5.73 Å². The van der Waals surface area contributed by atoms with Crippen molar-refractivity contribution in [2.75, 3.05) is 0 Å². The van der Waals surface area contributed by atoms with Gasteiger partial charge in [-0.05, 0) is 25.7 Å². The molecule has 0 radical (unpaired) electrons. The predicted molar refractivity (Wildman–Crippen MR) is 49.1 cm³/mol. The maximum Gasteiger partial charge on any atom is 0.402 e. The van der Waals surface area contributed by atoms with E-state index in [-0.39, 0.29) is 0 Å².